The highest BCUT2D eigenvalue weighted by molar-refractivity contribution is 6.30. The minimum absolute atomic E-state index is 0.162. The number of carbonyl (C=O) groups is 1. The van der Waals surface area contributed by atoms with Crippen molar-refractivity contribution in [2.45, 2.75) is 44.8 Å². The van der Waals surface area contributed by atoms with E-state index in [0.29, 0.717) is 10.9 Å². The van der Waals surface area contributed by atoms with Gasteiger partial charge in [-0.25, -0.2) is 4.79 Å². The molecule has 5 heteroatoms. The van der Waals surface area contributed by atoms with Gasteiger partial charge in [-0.1, -0.05) is 11.6 Å². The summed E-state index contributed by atoms with van der Waals surface area (Å²) in [6.07, 6.45) is 0.663. The highest BCUT2D eigenvalue weighted by atomic mass is 35.5. The first-order chi connectivity index (χ1) is 9.87. The highest BCUT2D eigenvalue weighted by Gasteiger charge is 2.44. The van der Waals surface area contributed by atoms with Crippen molar-refractivity contribution in [3.63, 3.8) is 0 Å². The van der Waals surface area contributed by atoms with Crippen LogP contribution >= 0.6 is 11.6 Å². The smallest absolute Gasteiger partial charge is 0.415 e. The van der Waals surface area contributed by atoms with E-state index < -0.39 is 5.60 Å². The Bertz CT molecular complexity index is 568. The summed E-state index contributed by atoms with van der Waals surface area (Å²) < 4.78 is 5.59. The Morgan fingerprint density at radius 3 is 2.90 bits per heavy atom. The van der Waals surface area contributed by atoms with E-state index in [1.807, 2.05) is 43.9 Å². The molecule has 3 rings (SSSR count). The SMILES string of the molecule is CC(C)(C)OC(=O)N1c2ccc(Cl)cc2[C@@H]2CNCC[C@H]21. The van der Waals surface area contributed by atoms with E-state index in [1.165, 1.54) is 0 Å². The summed E-state index contributed by atoms with van der Waals surface area (Å²) in [6.45, 7) is 7.47. The van der Waals surface area contributed by atoms with Crippen molar-refractivity contribution in [3.8, 4) is 0 Å². The largest absolute Gasteiger partial charge is 0.443 e. The third kappa shape index (κ3) is 2.74. The highest BCUT2D eigenvalue weighted by Crippen LogP contribution is 2.44. The van der Waals surface area contributed by atoms with Crippen LogP contribution in [-0.2, 0) is 4.74 Å². The molecule has 2 aliphatic heterocycles. The van der Waals surface area contributed by atoms with Crippen molar-refractivity contribution < 1.29 is 9.53 Å². The van der Waals surface area contributed by atoms with Crippen LogP contribution in [0.5, 0.6) is 0 Å². The second-order valence-corrected chi connectivity index (χ2v) is 7.16. The summed E-state index contributed by atoms with van der Waals surface area (Å²) in [4.78, 5) is 14.4. The number of hydrogen-bond acceptors (Lipinski definition) is 3. The quantitative estimate of drug-likeness (QED) is 0.797. The molecule has 0 bridgehead atoms. The number of hydrogen-bond donors (Lipinski definition) is 1. The number of piperidine rings is 1. The fraction of sp³-hybridized carbons (Fsp3) is 0.562. The number of ether oxygens (including phenoxy) is 1. The molecule has 0 unspecified atom stereocenters. The second-order valence-electron chi connectivity index (χ2n) is 6.72. The Labute approximate surface area is 130 Å². The van der Waals surface area contributed by atoms with Gasteiger partial charge in [0.05, 0.1) is 5.69 Å². The van der Waals surface area contributed by atoms with Gasteiger partial charge in [-0.15, -0.1) is 0 Å². The van der Waals surface area contributed by atoms with Crippen LogP contribution in [0.2, 0.25) is 5.02 Å². The van der Waals surface area contributed by atoms with Crippen LogP contribution in [0, 0.1) is 0 Å². The van der Waals surface area contributed by atoms with Crippen LogP contribution in [0.1, 0.15) is 38.7 Å². The van der Waals surface area contributed by atoms with E-state index in [1.54, 1.807) is 0 Å². The van der Waals surface area contributed by atoms with Gasteiger partial charge in [0.15, 0.2) is 0 Å². The zero-order valence-electron chi connectivity index (χ0n) is 12.6. The lowest BCUT2D eigenvalue weighted by Gasteiger charge is -2.33. The first-order valence-electron chi connectivity index (χ1n) is 7.39. The Balaban J connectivity index is 1.98. The summed E-state index contributed by atoms with van der Waals surface area (Å²) in [5.41, 5.74) is 1.59. The number of carbonyl (C=O) groups excluding carboxylic acids is 1. The van der Waals surface area contributed by atoms with Crippen molar-refractivity contribution in [3.05, 3.63) is 28.8 Å². The lowest BCUT2D eigenvalue weighted by atomic mass is 9.90. The van der Waals surface area contributed by atoms with Gasteiger partial charge in [0, 0.05) is 23.5 Å². The van der Waals surface area contributed by atoms with E-state index in [0.717, 1.165) is 30.8 Å². The summed E-state index contributed by atoms with van der Waals surface area (Å²) >= 11 is 6.13. The van der Waals surface area contributed by atoms with Gasteiger partial charge in [-0.05, 0) is 57.5 Å². The number of rotatable bonds is 0. The van der Waals surface area contributed by atoms with Gasteiger partial charge >= 0.3 is 6.09 Å². The fourth-order valence-corrected chi connectivity index (χ4v) is 3.42. The number of benzene rings is 1. The molecule has 21 heavy (non-hydrogen) atoms. The van der Waals surface area contributed by atoms with E-state index >= 15 is 0 Å². The number of nitrogens with zero attached hydrogens (tertiary/aromatic N) is 1. The van der Waals surface area contributed by atoms with Crippen LogP contribution in [-0.4, -0.2) is 30.8 Å². The van der Waals surface area contributed by atoms with Gasteiger partial charge in [-0.3, -0.25) is 4.90 Å². The average molecular weight is 309 g/mol. The zero-order valence-corrected chi connectivity index (χ0v) is 13.4. The van der Waals surface area contributed by atoms with Gasteiger partial charge in [0.25, 0.3) is 0 Å². The topological polar surface area (TPSA) is 41.6 Å². The van der Waals surface area contributed by atoms with E-state index in [2.05, 4.69) is 5.32 Å². The van der Waals surface area contributed by atoms with Crippen molar-refractivity contribution in [2.75, 3.05) is 18.0 Å². The molecule has 114 valence electrons. The standard InChI is InChI=1S/C16H21ClN2O2/c1-16(2,3)21-15(20)19-13-5-4-10(17)8-11(13)12-9-18-7-6-14(12)19/h4-5,8,12,14,18H,6-7,9H2,1-3H3/t12-,14+/m0/s1. The maximum absolute atomic E-state index is 12.6. The Kier molecular flexibility index (Phi) is 3.62. The number of amides is 1. The Morgan fingerprint density at radius 1 is 1.43 bits per heavy atom. The molecule has 1 saturated heterocycles. The molecule has 2 heterocycles. The third-order valence-electron chi connectivity index (χ3n) is 4.02. The Morgan fingerprint density at radius 2 is 2.19 bits per heavy atom. The predicted molar refractivity (Wildman–Crippen MR) is 84.2 cm³/mol. The van der Waals surface area contributed by atoms with Crippen LogP contribution < -0.4 is 10.2 Å². The maximum Gasteiger partial charge on any atom is 0.415 e. The number of fused-ring (bicyclic) bond motifs is 3. The molecule has 0 radical (unpaired) electrons. The van der Waals surface area contributed by atoms with Crippen molar-refractivity contribution in [2.24, 2.45) is 0 Å². The molecule has 1 aromatic carbocycles. The number of nitrogens with one attached hydrogen (secondary N) is 1. The molecule has 2 atom stereocenters. The monoisotopic (exact) mass is 308 g/mol. The van der Waals surface area contributed by atoms with Gasteiger partial charge < -0.3 is 10.1 Å². The lowest BCUT2D eigenvalue weighted by molar-refractivity contribution is 0.0562. The Hall–Kier alpha value is -1.26. The minimum Gasteiger partial charge on any atom is -0.443 e. The van der Waals surface area contributed by atoms with Gasteiger partial charge in [-0.2, -0.15) is 0 Å². The number of halogens is 1. The molecule has 0 saturated carbocycles. The summed E-state index contributed by atoms with van der Waals surface area (Å²) in [5.74, 6) is 0.292. The second kappa shape index (κ2) is 5.18. The molecular formula is C16H21ClN2O2. The first-order valence-corrected chi connectivity index (χ1v) is 7.77. The van der Waals surface area contributed by atoms with E-state index in [4.69, 9.17) is 16.3 Å². The van der Waals surface area contributed by atoms with Crippen LogP contribution in [0.25, 0.3) is 0 Å². The molecule has 2 aliphatic rings. The summed E-state index contributed by atoms with van der Waals surface area (Å²) in [6, 6.07) is 5.91. The van der Waals surface area contributed by atoms with Crippen molar-refractivity contribution in [1.29, 1.82) is 0 Å². The van der Waals surface area contributed by atoms with Crippen LogP contribution in [0.3, 0.4) is 0 Å². The maximum atomic E-state index is 12.6. The third-order valence-corrected chi connectivity index (χ3v) is 4.25. The summed E-state index contributed by atoms with van der Waals surface area (Å²) in [5, 5.41) is 4.11. The van der Waals surface area contributed by atoms with E-state index in [9.17, 15) is 4.79 Å². The molecule has 4 nitrogen and oxygen atoms in total. The van der Waals surface area contributed by atoms with Gasteiger partial charge in [0.2, 0.25) is 0 Å². The molecular weight excluding hydrogens is 288 g/mol. The lowest BCUT2D eigenvalue weighted by Crippen LogP contribution is -2.48. The summed E-state index contributed by atoms with van der Waals surface area (Å²) in [7, 11) is 0. The van der Waals surface area contributed by atoms with E-state index in [-0.39, 0.29) is 12.1 Å². The first kappa shape index (κ1) is 14.7. The zero-order chi connectivity index (χ0) is 15.2. The predicted octanol–water partition coefficient (Wildman–Crippen LogP) is 3.54. The van der Waals surface area contributed by atoms with Crippen molar-refractivity contribution >= 4 is 23.4 Å². The average Bonchev–Trinajstić information content (AvgIpc) is 2.71. The molecule has 0 aromatic heterocycles. The molecule has 1 N–H and O–H groups in total. The van der Waals surface area contributed by atoms with Gasteiger partial charge in [0.1, 0.15) is 5.60 Å². The van der Waals surface area contributed by atoms with Crippen LogP contribution in [0.15, 0.2) is 18.2 Å². The normalized spacial score (nSPS) is 24.5. The molecule has 1 aromatic rings. The fourth-order valence-electron chi connectivity index (χ4n) is 3.24. The molecule has 0 spiro atoms. The molecule has 0 aliphatic carbocycles. The van der Waals surface area contributed by atoms with Crippen molar-refractivity contribution in [1.82, 2.24) is 5.32 Å². The number of anilines is 1. The molecule has 1 amide bonds. The molecule has 1 fully saturated rings. The van der Waals surface area contributed by atoms with Crippen LogP contribution in [0.4, 0.5) is 10.5 Å². The minimum atomic E-state index is -0.491.